The molecule has 0 unspecified atom stereocenters. The van der Waals surface area contributed by atoms with Crippen LogP contribution in [0.5, 0.6) is 0 Å². The lowest BCUT2D eigenvalue weighted by Crippen LogP contribution is -2.17. The number of rotatable bonds is 6. The van der Waals surface area contributed by atoms with E-state index < -0.39 is 0 Å². The van der Waals surface area contributed by atoms with Crippen LogP contribution in [0.2, 0.25) is 0 Å². The first-order valence-corrected chi connectivity index (χ1v) is 8.01. The summed E-state index contributed by atoms with van der Waals surface area (Å²) < 4.78 is 2.80. The number of thioether (sulfide) groups is 1. The minimum atomic E-state index is -0.122. The molecule has 0 aliphatic heterocycles. The molecule has 1 N–H and O–H groups in total. The Kier molecular flexibility index (Phi) is 5.27. The lowest BCUT2D eigenvalue weighted by Gasteiger charge is -2.05. The molecule has 2 rings (SSSR count). The van der Waals surface area contributed by atoms with Crippen molar-refractivity contribution < 1.29 is 0 Å². The van der Waals surface area contributed by atoms with Gasteiger partial charge in [0.25, 0.3) is 0 Å². The van der Waals surface area contributed by atoms with Gasteiger partial charge in [0, 0.05) is 16.8 Å². The monoisotopic (exact) mass is 341 g/mol. The SMILES string of the molecule is CCCCn1c(SCc2ccccc2Br)n[nH]c1=O. The molecular weight excluding hydrogens is 326 g/mol. The van der Waals surface area contributed by atoms with E-state index in [0.29, 0.717) is 0 Å². The van der Waals surface area contributed by atoms with E-state index >= 15 is 0 Å². The van der Waals surface area contributed by atoms with Gasteiger partial charge in [-0.1, -0.05) is 59.2 Å². The molecule has 0 aliphatic carbocycles. The molecule has 4 nitrogen and oxygen atoms in total. The van der Waals surface area contributed by atoms with Crippen LogP contribution < -0.4 is 5.69 Å². The van der Waals surface area contributed by atoms with Gasteiger partial charge in [0.15, 0.2) is 5.16 Å². The Morgan fingerprint density at radius 2 is 2.21 bits per heavy atom. The van der Waals surface area contributed by atoms with Crippen LogP contribution >= 0.6 is 27.7 Å². The smallest absolute Gasteiger partial charge is 0.270 e. The van der Waals surface area contributed by atoms with E-state index in [4.69, 9.17) is 0 Å². The van der Waals surface area contributed by atoms with E-state index in [1.54, 1.807) is 16.3 Å². The van der Waals surface area contributed by atoms with Crippen molar-refractivity contribution in [2.45, 2.75) is 37.2 Å². The van der Waals surface area contributed by atoms with Crippen LogP contribution in [-0.2, 0) is 12.3 Å². The second-order valence-corrected chi connectivity index (χ2v) is 5.99. The molecular formula is C13H16BrN3OS. The Morgan fingerprint density at radius 3 is 2.95 bits per heavy atom. The zero-order chi connectivity index (χ0) is 13.7. The zero-order valence-electron chi connectivity index (χ0n) is 10.7. The van der Waals surface area contributed by atoms with Crippen LogP contribution in [0.25, 0.3) is 0 Å². The van der Waals surface area contributed by atoms with Crippen molar-refractivity contribution in [3.63, 3.8) is 0 Å². The van der Waals surface area contributed by atoms with Crippen molar-refractivity contribution >= 4 is 27.7 Å². The molecule has 0 radical (unpaired) electrons. The second-order valence-electron chi connectivity index (χ2n) is 4.20. The maximum Gasteiger partial charge on any atom is 0.343 e. The third-order valence-corrected chi connectivity index (χ3v) is 4.57. The number of nitrogens with one attached hydrogen (secondary N) is 1. The van der Waals surface area contributed by atoms with E-state index in [1.807, 2.05) is 18.2 Å². The van der Waals surface area contributed by atoms with Gasteiger partial charge < -0.3 is 0 Å². The zero-order valence-corrected chi connectivity index (χ0v) is 13.1. The predicted molar refractivity (Wildman–Crippen MR) is 81.5 cm³/mol. The number of aromatic amines is 1. The fourth-order valence-electron chi connectivity index (χ4n) is 1.68. The summed E-state index contributed by atoms with van der Waals surface area (Å²) in [7, 11) is 0. The summed E-state index contributed by atoms with van der Waals surface area (Å²) in [4.78, 5) is 11.6. The molecule has 0 spiro atoms. The number of hydrogen-bond donors (Lipinski definition) is 1. The number of halogens is 1. The highest BCUT2D eigenvalue weighted by Crippen LogP contribution is 2.25. The molecule has 19 heavy (non-hydrogen) atoms. The van der Waals surface area contributed by atoms with Gasteiger partial charge in [-0.15, -0.1) is 5.10 Å². The summed E-state index contributed by atoms with van der Waals surface area (Å²) in [6.07, 6.45) is 2.05. The number of hydrogen-bond acceptors (Lipinski definition) is 3. The first-order chi connectivity index (χ1) is 9.22. The van der Waals surface area contributed by atoms with Crippen molar-refractivity contribution in [3.05, 3.63) is 44.8 Å². The average molecular weight is 342 g/mol. The van der Waals surface area contributed by atoms with Gasteiger partial charge in [-0.3, -0.25) is 4.57 Å². The second kappa shape index (κ2) is 6.96. The van der Waals surface area contributed by atoms with E-state index in [2.05, 4.69) is 39.1 Å². The van der Waals surface area contributed by atoms with Gasteiger partial charge in [-0.05, 0) is 18.1 Å². The molecule has 0 bridgehead atoms. The molecule has 2 aromatic rings. The summed E-state index contributed by atoms with van der Waals surface area (Å²) in [5.41, 5.74) is 1.08. The highest BCUT2D eigenvalue weighted by atomic mass is 79.9. The van der Waals surface area contributed by atoms with Gasteiger partial charge in [-0.25, -0.2) is 9.89 Å². The summed E-state index contributed by atoms with van der Waals surface area (Å²) in [5.74, 6) is 0.790. The predicted octanol–water partition coefficient (Wildman–Crippen LogP) is 3.43. The van der Waals surface area contributed by atoms with Gasteiger partial charge >= 0.3 is 5.69 Å². The molecule has 0 fully saturated rings. The molecule has 102 valence electrons. The maximum atomic E-state index is 11.6. The molecule has 6 heteroatoms. The lowest BCUT2D eigenvalue weighted by atomic mass is 10.2. The molecule has 1 heterocycles. The number of H-pyrrole nitrogens is 1. The topological polar surface area (TPSA) is 50.7 Å². The van der Waals surface area contributed by atoms with Crippen molar-refractivity contribution in [2.75, 3.05) is 0 Å². The number of nitrogens with zero attached hydrogens (tertiary/aromatic N) is 2. The Bertz CT molecular complexity index is 594. The standard InChI is InChI=1S/C13H16BrN3OS/c1-2-3-8-17-12(18)15-16-13(17)19-9-10-6-4-5-7-11(10)14/h4-7H,2-3,8-9H2,1H3,(H,15,18). The van der Waals surface area contributed by atoms with E-state index in [9.17, 15) is 4.79 Å². The third kappa shape index (κ3) is 3.73. The minimum Gasteiger partial charge on any atom is -0.270 e. The van der Waals surface area contributed by atoms with Crippen LogP contribution in [0.15, 0.2) is 38.7 Å². The fourth-order valence-corrected chi connectivity index (χ4v) is 3.27. The Balaban J connectivity index is 2.07. The molecule has 0 atom stereocenters. The van der Waals surface area contributed by atoms with Crippen molar-refractivity contribution in [2.24, 2.45) is 0 Å². The van der Waals surface area contributed by atoms with Crippen molar-refractivity contribution in [3.8, 4) is 0 Å². The van der Waals surface area contributed by atoms with Crippen LogP contribution in [0.4, 0.5) is 0 Å². The highest BCUT2D eigenvalue weighted by molar-refractivity contribution is 9.10. The van der Waals surface area contributed by atoms with Gasteiger partial charge in [-0.2, -0.15) is 0 Å². The summed E-state index contributed by atoms with van der Waals surface area (Å²) in [6.45, 7) is 2.84. The first-order valence-electron chi connectivity index (χ1n) is 6.23. The van der Waals surface area contributed by atoms with Crippen LogP contribution in [0.3, 0.4) is 0 Å². The van der Waals surface area contributed by atoms with Gasteiger partial charge in [0.05, 0.1) is 0 Å². The Hall–Kier alpha value is -1.01. The highest BCUT2D eigenvalue weighted by Gasteiger charge is 2.09. The minimum absolute atomic E-state index is 0.122. The molecule has 0 aliphatic rings. The van der Waals surface area contributed by atoms with Gasteiger partial charge in [0.2, 0.25) is 0 Å². The molecule has 1 aromatic carbocycles. The van der Waals surface area contributed by atoms with Crippen LogP contribution in [-0.4, -0.2) is 14.8 Å². The maximum absolute atomic E-state index is 11.6. The van der Waals surface area contributed by atoms with Gasteiger partial charge in [0.1, 0.15) is 0 Å². The fraction of sp³-hybridized carbons (Fsp3) is 0.385. The lowest BCUT2D eigenvalue weighted by molar-refractivity contribution is 0.573. The number of unbranched alkanes of at least 4 members (excludes halogenated alkanes) is 1. The number of benzene rings is 1. The van der Waals surface area contributed by atoms with Crippen LogP contribution in [0, 0.1) is 0 Å². The molecule has 1 aromatic heterocycles. The first kappa shape index (κ1) is 14.4. The number of aromatic nitrogens is 3. The quantitative estimate of drug-likeness (QED) is 0.819. The summed E-state index contributed by atoms with van der Waals surface area (Å²) >= 11 is 5.10. The van der Waals surface area contributed by atoms with Crippen molar-refractivity contribution in [1.82, 2.24) is 14.8 Å². The molecule has 0 saturated heterocycles. The summed E-state index contributed by atoms with van der Waals surface area (Å²) in [6, 6.07) is 8.09. The molecule has 0 amide bonds. The Morgan fingerprint density at radius 1 is 1.42 bits per heavy atom. The Labute approximate surface area is 124 Å². The van der Waals surface area contributed by atoms with Crippen LogP contribution in [0.1, 0.15) is 25.3 Å². The largest absolute Gasteiger partial charge is 0.343 e. The average Bonchev–Trinajstić information content (AvgIpc) is 2.76. The third-order valence-electron chi connectivity index (χ3n) is 2.77. The van der Waals surface area contributed by atoms with E-state index in [0.717, 1.165) is 34.8 Å². The van der Waals surface area contributed by atoms with E-state index in [-0.39, 0.29) is 5.69 Å². The van der Waals surface area contributed by atoms with Crippen molar-refractivity contribution in [1.29, 1.82) is 0 Å². The normalized spacial score (nSPS) is 10.8. The van der Waals surface area contributed by atoms with E-state index in [1.165, 1.54) is 5.56 Å². The molecule has 0 saturated carbocycles. The summed E-state index contributed by atoms with van der Waals surface area (Å²) in [5, 5.41) is 7.37.